The Morgan fingerprint density at radius 2 is 1.80 bits per heavy atom. The summed E-state index contributed by atoms with van der Waals surface area (Å²) >= 11 is 6.04. The van der Waals surface area contributed by atoms with E-state index in [1.165, 1.54) is 18.2 Å². The number of likely N-dealkylation sites (N-methyl/N-ethyl adjacent to an activating group) is 1. The van der Waals surface area contributed by atoms with Crippen LogP contribution in [0, 0.1) is 11.7 Å². The van der Waals surface area contributed by atoms with Crippen molar-refractivity contribution >= 4 is 17.5 Å². The number of hydrogen-bond donors (Lipinski definition) is 0. The maximum Gasteiger partial charge on any atom is 0.255 e. The molecule has 2 aliphatic rings. The van der Waals surface area contributed by atoms with Gasteiger partial charge in [0.15, 0.2) is 0 Å². The van der Waals surface area contributed by atoms with E-state index in [2.05, 4.69) is 23.8 Å². The van der Waals surface area contributed by atoms with Crippen LogP contribution in [0.2, 0.25) is 5.02 Å². The second kappa shape index (κ2) is 8.02. The largest absolute Gasteiger partial charge is 0.339 e. The summed E-state index contributed by atoms with van der Waals surface area (Å²) in [5, 5.41) is 0.193. The number of carbonyl (C=O) groups is 1. The zero-order chi connectivity index (χ0) is 18.0. The summed E-state index contributed by atoms with van der Waals surface area (Å²) in [7, 11) is 2.17. The first kappa shape index (κ1) is 18.6. The number of piperidine rings is 1. The van der Waals surface area contributed by atoms with Crippen LogP contribution in [0.3, 0.4) is 0 Å². The molecule has 1 unspecified atom stereocenters. The summed E-state index contributed by atoms with van der Waals surface area (Å²) < 4.78 is 13.2. The van der Waals surface area contributed by atoms with E-state index in [0.717, 1.165) is 52.1 Å². The fourth-order valence-electron chi connectivity index (χ4n) is 3.95. The fourth-order valence-corrected chi connectivity index (χ4v) is 4.19. The highest BCUT2D eigenvalue weighted by molar-refractivity contribution is 6.33. The summed E-state index contributed by atoms with van der Waals surface area (Å²) in [4.78, 5) is 19.5. The van der Waals surface area contributed by atoms with Gasteiger partial charge >= 0.3 is 0 Å². The van der Waals surface area contributed by atoms with Gasteiger partial charge in [0.25, 0.3) is 5.91 Å². The van der Waals surface area contributed by atoms with E-state index in [1.54, 1.807) is 0 Å². The molecule has 0 aromatic heterocycles. The van der Waals surface area contributed by atoms with Gasteiger partial charge in [-0.3, -0.25) is 9.69 Å². The average molecular weight is 368 g/mol. The lowest BCUT2D eigenvalue weighted by atomic mass is 9.88. The van der Waals surface area contributed by atoms with Crippen molar-refractivity contribution in [2.24, 2.45) is 5.92 Å². The lowest BCUT2D eigenvalue weighted by Gasteiger charge is -2.42. The summed E-state index contributed by atoms with van der Waals surface area (Å²) in [5.41, 5.74) is 0.397. The van der Waals surface area contributed by atoms with Gasteiger partial charge in [-0.15, -0.1) is 0 Å². The van der Waals surface area contributed by atoms with Crippen LogP contribution in [0.25, 0.3) is 0 Å². The number of likely N-dealkylation sites (tertiary alicyclic amines) is 1. The van der Waals surface area contributed by atoms with Crippen LogP contribution < -0.4 is 0 Å². The van der Waals surface area contributed by atoms with Gasteiger partial charge in [-0.05, 0) is 50.9 Å². The van der Waals surface area contributed by atoms with Crippen molar-refractivity contribution in [2.45, 2.75) is 25.8 Å². The molecule has 0 radical (unpaired) electrons. The molecule has 0 bridgehead atoms. The van der Waals surface area contributed by atoms with Crippen LogP contribution in [0.1, 0.15) is 30.1 Å². The number of benzene rings is 1. The summed E-state index contributed by atoms with van der Waals surface area (Å²) in [6.07, 6.45) is 2.02. The van der Waals surface area contributed by atoms with Crippen molar-refractivity contribution in [2.75, 3.05) is 46.3 Å². The minimum Gasteiger partial charge on any atom is -0.339 e. The maximum atomic E-state index is 13.2. The van der Waals surface area contributed by atoms with Crippen molar-refractivity contribution in [3.8, 4) is 0 Å². The van der Waals surface area contributed by atoms with Gasteiger partial charge in [-0.1, -0.05) is 11.6 Å². The quantitative estimate of drug-likeness (QED) is 0.821. The average Bonchev–Trinajstić information content (AvgIpc) is 2.61. The van der Waals surface area contributed by atoms with Crippen LogP contribution >= 0.6 is 11.6 Å². The van der Waals surface area contributed by atoms with Gasteiger partial charge in [0.1, 0.15) is 5.82 Å². The number of nitrogens with zero attached hydrogens (tertiary/aromatic N) is 3. The molecule has 1 aromatic rings. The Kier molecular flexibility index (Phi) is 5.97. The van der Waals surface area contributed by atoms with Crippen molar-refractivity contribution in [3.63, 3.8) is 0 Å². The van der Waals surface area contributed by atoms with Gasteiger partial charge in [-0.25, -0.2) is 4.39 Å². The molecule has 1 amide bonds. The monoisotopic (exact) mass is 367 g/mol. The highest BCUT2D eigenvalue weighted by Crippen LogP contribution is 2.27. The Balaban J connectivity index is 1.55. The minimum absolute atomic E-state index is 0.0873. The topological polar surface area (TPSA) is 26.8 Å². The SMILES string of the molecule is CC(C1CCN(C(=O)c2ccc(F)cc2Cl)CC1)N1CCN(C)CC1. The van der Waals surface area contributed by atoms with E-state index in [1.807, 2.05) is 4.90 Å². The molecule has 6 heteroatoms. The molecule has 1 atom stereocenters. The zero-order valence-electron chi connectivity index (χ0n) is 15.0. The molecule has 2 heterocycles. The minimum atomic E-state index is -0.416. The molecule has 2 fully saturated rings. The number of halogens is 2. The normalized spacial score (nSPS) is 22.2. The smallest absolute Gasteiger partial charge is 0.255 e. The predicted octanol–water partition coefficient (Wildman–Crippen LogP) is 2.97. The van der Waals surface area contributed by atoms with Crippen molar-refractivity contribution in [3.05, 3.63) is 34.6 Å². The number of carbonyl (C=O) groups excluding carboxylic acids is 1. The lowest BCUT2D eigenvalue weighted by Crippen LogP contribution is -2.52. The molecular formula is C19H27ClFN3O. The molecule has 138 valence electrons. The Hall–Kier alpha value is -1.17. The third-order valence-electron chi connectivity index (χ3n) is 5.78. The number of rotatable bonds is 3. The molecular weight excluding hydrogens is 341 g/mol. The van der Waals surface area contributed by atoms with Gasteiger partial charge in [-0.2, -0.15) is 0 Å². The third-order valence-corrected chi connectivity index (χ3v) is 6.10. The lowest BCUT2D eigenvalue weighted by molar-refractivity contribution is 0.0500. The first-order valence-electron chi connectivity index (χ1n) is 9.12. The van der Waals surface area contributed by atoms with Crippen LogP contribution in [0.4, 0.5) is 4.39 Å². The second-order valence-electron chi connectivity index (χ2n) is 7.33. The van der Waals surface area contributed by atoms with Crippen molar-refractivity contribution in [1.82, 2.24) is 14.7 Å². The van der Waals surface area contributed by atoms with E-state index in [0.29, 0.717) is 17.5 Å². The molecule has 4 nitrogen and oxygen atoms in total. The molecule has 3 rings (SSSR count). The molecule has 2 saturated heterocycles. The Morgan fingerprint density at radius 1 is 1.16 bits per heavy atom. The van der Waals surface area contributed by atoms with Gasteiger partial charge in [0.2, 0.25) is 0 Å². The van der Waals surface area contributed by atoms with E-state index in [4.69, 9.17) is 11.6 Å². The molecule has 0 spiro atoms. The summed E-state index contributed by atoms with van der Waals surface area (Å²) in [6.45, 7) is 8.33. The maximum absolute atomic E-state index is 13.2. The number of hydrogen-bond acceptors (Lipinski definition) is 3. The molecule has 25 heavy (non-hydrogen) atoms. The first-order valence-corrected chi connectivity index (χ1v) is 9.50. The highest BCUT2D eigenvalue weighted by atomic mass is 35.5. The first-order chi connectivity index (χ1) is 12.0. The Bertz CT molecular complexity index is 611. The fraction of sp³-hybridized carbons (Fsp3) is 0.632. The highest BCUT2D eigenvalue weighted by Gasteiger charge is 2.31. The van der Waals surface area contributed by atoms with Crippen LogP contribution in [0.15, 0.2) is 18.2 Å². The summed E-state index contributed by atoms with van der Waals surface area (Å²) in [5.74, 6) is 0.119. The molecule has 0 saturated carbocycles. The van der Waals surface area contributed by atoms with E-state index in [-0.39, 0.29) is 10.9 Å². The van der Waals surface area contributed by atoms with Gasteiger partial charge in [0, 0.05) is 45.3 Å². The van der Waals surface area contributed by atoms with E-state index >= 15 is 0 Å². The standard InChI is InChI=1S/C19H27ClFN3O/c1-14(23-11-9-22(2)10-12-23)15-5-7-24(8-6-15)19(25)17-4-3-16(21)13-18(17)20/h3-4,13-15H,5-12H2,1-2H3. The molecule has 0 N–H and O–H groups in total. The van der Waals surface area contributed by atoms with Crippen molar-refractivity contribution < 1.29 is 9.18 Å². The second-order valence-corrected chi connectivity index (χ2v) is 7.74. The predicted molar refractivity (Wildman–Crippen MR) is 98.6 cm³/mol. The number of amides is 1. The summed E-state index contributed by atoms with van der Waals surface area (Å²) in [6, 6.07) is 4.54. The van der Waals surface area contributed by atoms with Crippen LogP contribution in [-0.2, 0) is 0 Å². The molecule has 2 aliphatic heterocycles. The van der Waals surface area contributed by atoms with Crippen LogP contribution in [0.5, 0.6) is 0 Å². The molecule has 0 aliphatic carbocycles. The molecule has 1 aromatic carbocycles. The third kappa shape index (κ3) is 4.33. The van der Waals surface area contributed by atoms with E-state index in [9.17, 15) is 9.18 Å². The van der Waals surface area contributed by atoms with Gasteiger partial charge < -0.3 is 9.80 Å². The Labute approximate surface area is 154 Å². The van der Waals surface area contributed by atoms with Crippen molar-refractivity contribution in [1.29, 1.82) is 0 Å². The van der Waals surface area contributed by atoms with E-state index < -0.39 is 5.82 Å². The van der Waals surface area contributed by atoms with Crippen LogP contribution in [-0.4, -0.2) is 73.0 Å². The zero-order valence-corrected chi connectivity index (χ0v) is 15.8. The van der Waals surface area contributed by atoms with Gasteiger partial charge in [0.05, 0.1) is 10.6 Å². The Morgan fingerprint density at radius 3 is 2.40 bits per heavy atom. The number of piperazine rings is 1.